The highest BCUT2D eigenvalue weighted by Crippen LogP contribution is 2.19. The summed E-state index contributed by atoms with van der Waals surface area (Å²) in [7, 11) is 0. The molecular formula is C71H132O6. The van der Waals surface area contributed by atoms with E-state index < -0.39 is 6.10 Å². The molecule has 0 rings (SSSR count). The maximum absolute atomic E-state index is 12.9. The van der Waals surface area contributed by atoms with Gasteiger partial charge < -0.3 is 14.2 Å². The number of carbonyl (C=O) groups is 3. The Morgan fingerprint density at radius 1 is 0.273 bits per heavy atom. The third-order valence-corrected chi connectivity index (χ3v) is 15.7. The summed E-state index contributed by atoms with van der Waals surface area (Å²) in [6.07, 6.45) is 81.7. The lowest BCUT2D eigenvalue weighted by Gasteiger charge is -2.18. The third-order valence-electron chi connectivity index (χ3n) is 15.7. The monoisotopic (exact) mass is 1080 g/mol. The summed E-state index contributed by atoms with van der Waals surface area (Å²) in [6.45, 7) is 6.59. The summed E-state index contributed by atoms with van der Waals surface area (Å²) in [6, 6.07) is 0. The Morgan fingerprint density at radius 3 is 0.792 bits per heavy atom. The molecule has 0 aliphatic rings. The van der Waals surface area contributed by atoms with Crippen LogP contribution in [0.25, 0.3) is 0 Å². The maximum Gasteiger partial charge on any atom is 0.306 e. The summed E-state index contributed by atoms with van der Waals surface area (Å²) in [5.74, 6) is -0.860. The van der Waals surface area contributed by atoms with Gasteiger partial charge in [-0.25, -0.2) is 0 Å². The summed E-state index contributed by atoms with van der Waals surface area (Å²) in [5, 5.41) is 0. The lowest BCUT2D eigenvalue weighted by Crippen LogP contribution is -2.30. The first-order chi connectivity index (χ1) is 38.0. The van der Waals surface area contributed by atoms with Crippen LogP contribution in [0.3, 0.4) is 0 Å². The Kier molecular flexibility index (Phi) is 64.1. The minimum Gasteiger partial charge on any atom is -0.462 e. The zero-order valence-electron chi connectivity index (χ0n) is 52.0. The zero-order valence-corrected chi connectivity index (χ0v) is 52.0. The van der Waals surface area contributed by atoms with E-state index in [4.69, 9.17) is 14.2 Å². The van der Waals surface area contributed by atoms with Crippen molar-refractivity contribution in [2.45, 2.75) is 386 Å². The molecule has 0 heterocycles. The summed E-state index contributed by atoms with van der Waals surface area (Å²) >= 11 is 0. The van der Waals surface area contributed by atoms with Gasteiger partial charge in [0, 0.05) is 19.3 Å². The molecule has 0 amide bonds. The normalized spacial score (nSPS) is 12.2. The Labute approximate surface area is 480 Å². The van der Waals surface area contributed by atoms with Gasteiger partial charge in [0.25, 0.3) is 0 Å². The standard InChI is InChI=1S/C71H132O6/c1-4-7-10-13-16-19-22-25-28-30-32-33-34-35-36-37-39-40-43-46-49-52-55-58-61-64-70(73)76-67-68(66-75-69(72)63-60-57-54-51-48-45-42-27-24-21-18-15-12-9-6-3)77-71(74)65-62-59-56-53-50-47-44-41-38-31-29-26-23-20-17-14-11-8-5-2/h9,12,18,21,27,42,68H,4-8,10-11,13-17,19-20,22-26,28-41,43-67H2,1-3H3/b12-9-,21-18-,42-27-. The highest BCUT2D eigenvalue weighted by molar-refractivity contribution is 5.71. The van der Waals surface area contributed by atoms with Crippen molar-refractivity contribution in [2.75, 3.05) is 13.2 Å². The molecule has 0 radical (unpaired) electrons. The third kappa shape index (κ3) is 64.3. The van der Waals surface area contributed by atoms with E-state index in [-0.39, 0.29) is 31.1 Å². The lowest BCUT2D eigenvalue weighted by atomic mass is 10.0. The SMILES string of the molecule is CC/C=C\C/C=C\C/C=C\CCCCCCCC(=O)OCC(COC(=O)CCCCCCCCCCCCCCCCCCCCCCCCCCC)OC(=O)CCCCCCCCCCCCCCCCCCCCC. The number of hydrogen-bond donors (Lipinski definition) is 0. The fourth-order valence-corrected chi connectivity index (χ4v) is 10.5. The topological polar surface area (TPSA) is 78.9 Å². The molecule has 0 aromatic carbocycles. The number of ether oxygens (including phenoxy) is 3. The molecule has 0 aromatic rings. The van der Waals surface area contributed by atoms with Crippen LogP contribution < -0.4 is 0 Å². The van der Waals surface area contributed by atoms with Gasteiger partial charge in [0.05, 0.1) is 0 Å². The van der Waals surface area contributed by atoms with E-state index in [1.807, 2.05) is 0 Å². The molecule has 1 unspecified atom stereocenters. The predicted molar refractivity (Wildman–Crippen MR) is 335 cm³/mol. The van der Waals surface area contributed by atoms with Crippen molar-refractivity contribution in [3.8, 4) is 0 Å². The van der Waals surface area contributed by atoms with Crippen LogP contribution in [0.5, 0.6) is 0 Å². The van der Waals surface area contributed by atoms with Gasteiger partial charge in [-0.1, -0.05) is 346 Å². The first kappa shape index (κ1) is 74.6. The van der Waals surface area contributed by atoms with Crippen molar-refractivity contribution < 1.29 is 28.6 Å². The molecule has 0 aromatic heterocycles. The molecule has 0 aliphatic carbocycles. The van der Waals surface area contributed by atoms with Crippen LogP contribution in [0.4, 0.5) is 0 Å². The Bertz CT molecular complexity index is 1290. The fraction of sp³-hybridized carbons (Fsp3) is 0.873. The quantitative estimate of drug-likeness (QED) is 0.0261. The second kappa shape index (κ2) is 66.1. The second-order valence-corrected chi connectivity index (χ2v) is 23.4. The Balaban J connectivity index is 4.25. The number of hydrogen-bond acceptors (Lipinski definition) is 6. The molecule has 6 nitrogen and oxygen atoms in total. The highest BCUT2D eigenvalue weighted by atomic mass is 16.6. The molecule has 6 heteroatoms. The number of carbonyl (C=O) groups excluding carboxylic acids is 3. The molecule has 452 valence electrons. The molecule has 0 fully saturated rings. The van der Waals surface area contributed by atoms with Crippen LogP contribution in [0.2, 0.25) is 0 Å². The van der Waals surface area contributed by atoms with Crippen LogP contribution in [0.15, 0.2) is 36.5 Å². The minimum atomic E-state index is -0.777. The molecule has 0 spiro atoms. The molecule has 1 atom stereocenters. The van der Waals surface area contributed by atoms with Crippen LogP contribution >= 0.6 is 0 Å². The van der Waals surface area contributed by atoms with Crippen molar-refractivity contribution in [3.63, 3.8) is 0 Å². The van der Waals surface area contributed by atoms with Crippen molar-refractivity contribution in [2.24, 2.45) is 0 Å². The molecule has 0 saturated carbocycles. The number of unbranched alkanes of at least 4 members (excludes halogenated alkanes) is 47. The van der Waals surface area contributed by atoms with E-state index in [9.17, 15) is 14.4 Å². The minimum absolute atomic E-state index is 0.0719. The number of esters is 3. The highest BCUT2D eigenvalue weighted by Gasteiger charge is 2.19. The van der Waals surface area contributed by atoms with Crippen LogP contribution in [-0.2, 0) is 28.6 Å². The first-order valence-corrected chi connectivity index (χ1v) is 34.5. The van der Waals surface area contributed by atoms with Crippen molar-refractivity contribution >= 4 is 17.9 Å². The van der Waals surface area contributed by atoms with Crippen molar-refractivity contribution in [3.05, 3.63) is 36.5 Å². The molecule has 0 aliphatic heterocycles. The fourth-order valence-electron chi connectivity index (χ4n) is 10.5. The van der Waals surface area contributed by atoms with E-state index >= 15 is 0 Å². The Morgan fingerprint density at radius 2 is 0.506 bits per heavy atom. The van der Waals surface area contributed by atoms with Gasteiger partial charge in [0.2, 0.25) is 0 Å². The van der Waals surface area contributed by atoms with Gasteiger partial charge in [-0.05, 0) is 51.4 Å². The summed E-state index contributed by atoms with van der Waals surface area (Å²) in [5.41, 5.74) is 0. The average Bonchev–Trinajstić information content (AvgIpc) is 3.43. The predicted octanol–water partition coefficient (Wildman–Crippen LogP) is 23.6. The molecular weight excluding hydrogens is 949 g/mol. The van der Waals surface area contributed by atoms with Gasteiger partial charge in [-0.3, -0.25) is 14.4 Å². The average molecular weight is 1080 g/mol. The molecule has 0 saturated heterocycles. The Hall–Kier alpha value is -2.37. The van der Waals surface area contributed by atoms with Gasteiger partial charge in [0.1, 0.15) is 13.2 Å². The lowest BCUT2D eigenvalue weighted by molar-refractivity contribution is -0.167. The molecule has 0 bridgehead atoms. The summed E-state index contributed by atoms with van der Waals surface area (Å²) < 4.78 is 17.0. The zero-order chi connectivity index (χ0) is 55.7. The molecule has 77 heavy (non-hydrogen) atoms. The van der Waals surface area contributed by atoms with E-state index in [2.05, 4.69) is 57.2 Å². The summed E-state index contributed by atoms with van der Waals surface area (Å²) in [4.78, 5) is 38.4. The van der Waals surface area contributed by atoms with E-state index in [0.717, 1.165) is 96.3 Å². The van der Waals surface area contributed by atoms with Gasteiger partial charge in [0.15, 0.2) is 6.10 Å². The van der Waals surface area contributed by atoms with E-state index in [1.165, 1.54) is 244 Å². The van der Waals surface area contributed by atoms with Crippen LogP contribution in [-0.4, -0.2) is 37.2 Å². The van der Waals surface area contributed by atoms with Gasteiger partial charge >= 0.3 is 17.9 Å². The largest absolute Gasteiger partial charge is 0.462 e. The van der Waals surface area contributed by atoms with Crippen LogP contribution in [0.1, 0.15) is 380 Å². The van der Waals surface area contributed by atoms with Gasteiger partial charge in [-0.15, -0.1) is 0 Å². The maximum atomic E-state index is 12.9. The van der Waals surface area contributed by atoms with Crippen LogP contribution in [0, 0.1) is 0 Å². The smallest absolute Gasteiger partial charge is 0.306 e. The van der Waals surface area contributed by atoms with Gasteiger partial charge in [-0.2, -0.15) is 0 Å². The van der Waals surface area contributed by atoms with Crippen molar-refractivity contribution in [1.29, 1.82) is 0 Å². The van der Waals surface area contributed by atoms with E-state index in [0.29, 0.717) is 19.3 Å². The van der Waals surface area contributed by atoms with E-state index in [1.54, 1.807) is 0 Å². The second-order valence-electron chi connectivity index (χ2n) is 23.4. The number of allylic oxidation sites excluding steroid dienone is 6. The first-order valence-electron chi connectivity index (χ1n) is 34.5. The number of rotatable bonds is 64. The molecule has 0 N–H and O–H groups in total. The van der Waals surface area contributed by atoms with Crippen molar-refractivity contribution in [1.82, 2.24) is 0 Å².